The summed E-state index contributed by atoms with van der Waals surface area (Å²) in [4.78, 5) is 12.2. The van der Waals surface area contributed by atoms with Gasteiger partial charge in [-0.05, 0) is 44.4 Å². The third-order valence-electron chi connectivity index (χ3n) is 4.60. The van der Waals surface area contributed by atoms with E-state index in [0.29, 0.717) is 11.8 Å². The lowest BCUT2D eigenvalue weighted by molar-refractivity contribution is -0.127. The summed E-state index contributed by atoms with van der Waals surface area (Å²) in [6.07, 6.45) is 9.43. The summed E-state index contributed by atoms with van der Waals surface area (Å²) >= 11 is 3.61. The summed E-state index contributed by atoms with van der Waals surface area (Å²) < 4.78 is 0. The van der Waals surface area contributed by atoms with Crippen molar-refractivity contribution in [3.63, 3.8) is 0 Å². The van der Waals surface area contributed by atoms with Crippen molar-refractivity contribution < 1.29 is 4.79 Å². The minimum Gasteiger partial charge on any atom is -0.350 e. The third kappa shape index (κ3) is 3.24. The maximum absolute atomic E-state index is 12.2. The highest BCUT2D eigenvalue weighted by Crippen LogP contribution is 2.34. The van der Waals surface area contributed by atoms with Crippen LogP contribution in [0.2, 0.25) is 0 Å². The second kappa shape index (κ2) is 5.73. The molecule has 0 atom stereocenters. The Morgan fingerprint density at radius 2 is 1.82 bits per heavy atom. The number of carbonyl (C=O) groups excluding carboxylic acids is 1. The first-order valence-corrected chi connectivity index (χ1v) is 8.15. The van der Waals surface area contributed by atoms with Crippen LogP contribution in [0.25, 0.3) is 0 Å². The van der Waals surface area contributed by atoms with E-state index in [2.05, 4.69) is 28.2 Å². The molecule has 0 aromatic rings. The zero-order valence-electron chi connectivity index (χ0n) is 10.8. The van der Waals surface area contributed by atoms with E-state index < -0.39 is 0 Å². The summed E-state index contributed by atoms with van der Waals surface area (Å²) in [5, 5.41) is 4.27. The predicted molar refractivity (Wildman–Crippen MR) is 74.3 cm³/mol. The highest BCUT2D eigenvalue weighted by atomic mass is 79.9. The number of halogens is 1. The zero-order valence-corrected chi connectivity index (χ0v) is 12.4. The molecule has 0 saturated heterocycles. The molecule has 0 aromatic carbocycles. The Labute approximate surface area is 113 Å². The molecular weight excluding hydrogens is 278 g/mol. The molecule has 2 fully saturated rings. The lowest BCUT2D eigenvalue weighted by Crippen LogP contribution is -2.53. The van der Waals surface area contributed by atoms with Crippen molar-refractivity contribution in [2.75, 3.05) is 5.33 Å². The molecule has 1 amide bonds. The van der Waals surface area contributed by atoms with E-state index in [-0.39, 0.29) is 5.54 Å². The number of nitrogens with one attached hydrogen (secondary N) is 1. The normalized spacial score (nSPS) is 34.8. The molecule has 2 saturated carbocycles. The maximum atomic E-state index is 12.2. The van der Waals surface area contributed by atoms with Crippen molar-refractivity contribution in [3.8, 4) is 0 Å². The first-order chi connectivity index (χ1) is 8.15. The van der Waals surface area contributed by atoms with Crippen LogP contribution in [0.5, 0.6) is 0 Å². The van der Waals surface area contributed by atoms with Crippen molar-refractivity contribution in [2.24, 2.45) is 11.8 Å². The molecule has 3 heteroatoms. The molecule has 17 heavy (non-hydrogen) atoms. The molecule has 0 heterocycles. The Morgan fingerprint density at radius 3 is 2.35 bits per heavy atom. The quantitative estimate of drug-likeness (QED) is 0.792. The van der Waals surface area contributed by atoms with Crippen LogP contribution in [-0.4, -0.2) is 16.8 Å². The van der Waals surface area contributed by atoms with Gasteiger partial charge < -0.3 is 5.32 Å². The molecular formula is C14H24BrNO. The van der Waals surface area contributed by atoms with Crippen molar-refractivity contribution in [2.45, 2.75) is 63.8 Å². The van der Waals surface area contributed by atoms with Crippen LogP contribution in [0.4, 0.5) is 0 Å². The number of carbonyl (C=O) groups is 1. The molecule has 1 N–H and O–H groups in total. The monoisotopic (exact) mass is 301 g/mol. The Kier molecular flexibility index (Phi) is 4.51. The Bertz CT molecular complexity index is 265. The second-order valence-electron chi connectivity index (χ2n) is 6.07. The van der Waals surface area contributed by atoms with Gasteiger partial charge in [0.1, 0.15) is 0 Å². The fourth-order valence-corrected chi connectivity index (χ4v) is 3.86. The van der Waals surface area contributed by atoms with E-state index >= 15 is 0 Å². The van der Waals surface area contributed by atoms with Crippen LogP contribution in [-0.2, 0) is 4.79 Å². The van der Waals surface area contributed by atoms with Crippen LogP contribution in [0.3, 0.4) is 0 Å². The van der Waals surface area contributed by atoms with Crippen LogP contribution in [0, 0.1) is 11.8 Å². The Balaban J connectivity index is 1.92. The molecule has 98 valence electrons. The van der Waals surface area contributed by atoms with Gasteiger partial charge in [0, 0.05) is 16.8 Å². The van der Waals surface area contributed by atoms with Gasteiger partial charge >= 0.3 is 0 Å². The summed E-state index contributed by atoms with van der Waals surface area (Å²) in [5.74, 6) is 1.44. The van der Waals surface area contributed by atoms with Crippen molar-refractivity contribution in [1.82, 2.24) is 5.32 Å². The topological polar surface area (TPSA) is 29.1 Å². The zero-order chi connectivity index (χ0) is 12.3. The van der Waals surface area contributed by atoms with E-state index in [1.54, 1.807) is 0 Å². The minimum absolute atomic E-state index is 0.0478. The van der Waals surface area contributed by atoms with Gasteiger partial charge in [-0.25, -0.2) is 0 Å². The lowest BCUT2D eigenvalue weighted by Gasteiger charge is -2.39. The van der Waals surface area contributed by atoms with Gasteiger partial charge in [0.15, 0.2) is 0 Å². The number of alkyl halides is 1. The summed E-state index contributed by atoms with van der Waals surface area (Å²) in [6.45, 7) is 2.32. The fourth-order valence-electron chi connectivity index (χ4n) is 3.16. The maximum Gasteiger partial charge on any atom is 0.223 e. The SMILES string of the molecule is CC1CCC(CBr)(NC(=O)C2CCCC2)CC1. The lowest BCUT2D eigenvalue weighted by atomic mass is 9.78. The van der Waals surface area contributed by atoms with Gasteiger partial charge in [0.05, 0.1) is 0 Å². The van der Waals surface area contributed by atoms with Crippen molar-refractivity contribution in [1.29, 1.82) is 0 Å². The fraction of sp³-hybridized carbons (Fsp3) is 0.929. The largest absolute Gasteiger partial charge is 0.350 e. The molecule has 0 bridgehead atoms. The van der Waals surface area contributed by atoms with Gasteiger partial charge in [0.25, 0.3) is 0 Å². The van der Waals surface area contributed by atoms with Gasteiger partial charge in [-0.2, -0.15) is 0 Å². The van der Waals surface area contributed by atoms with Crippen LogP contribution in [0.1, 0.15) is 58.3 Å². The van der Waals surface area contributed by atoms with Crippen LogP contribution in [0.15, 0.2) is 0 Å². The number of amides is 1. The predicted octanol–water partition coefficient (Wildman–Crippen LogP) is 3.64. The van der Waals surface area contributed by atoms with Crippen LogP contribution >= 0.6 is 15.9 Å². The average Bonchev–Trinajstić information content (AvgIpc) is 2.86. The van der Waals surface area contributed by atoms with E-state index in [1.807, 2.05) is 0 Å². The highest BCUT2D eigenvalue weighted by Gasteiger charge is 2.36. The third-order valence-corrected chi connectivity index (χ3v) is 5.67. The Morgan fingerprint density at radius 1 is 1.24 bits per heavy atom. The van der Waals surface area contributed by atoms with E-state index in [1.165, 1.54) is 25.7 Å². The molecule has 2 nitrogen and oxygen atoms in total. The number of hydrogen-bond donors (Lipinski definition) is 1. The second-order valence-corrected chi connectivity index (χ2v) is 6.63. The number of rotatable bonds is 3. The average molecular weight is 302 g/mol. The van der Waals surface area contributed by atoms with E-state index in [4.69, 9.17) is 0 Å². The number of hydrogen-bond acceptors (Lipinski definition) is 1. The molecule has 2 aliphatic rings. The standard InChI is InChI=1S/C14H24BrNO/c1-11-6-8-14(10-15,9-7-11)16-13(17)12-4-2-3-5-12/h11-12H,2-10H2,1H3,(H,16,17). The van der Waals surface area contributed by atoms with Crippen molar-refractivity contribution >= 4 is 21.8 Å². The minimum atomic E-state index is 0.0478. The Hall–Kier alpha value is -0.0500. The molecule has 0 spiro atoms. The molecule has 0 unspecified atom stereocenters. The van der Waals surface area contributed by atoms with Gasteiger partial charge in [-0.1, -0.05) is 35.7 Å². The van der Waals surface area contributed by atoms with Crippen LogP contribution < -0.4 is 5.32 Å². The van der Waals surface area contributed by atoms with E-state index in [0.717, 1.165) is 36.9 Å². The molecule has 0 aliphatic heterocycles. The summed E-state index contributed by atoms with van der Waals surface area (Å²) in [6, 6.07) is 0. The molecule has 0 aromatic heterocycles. The van der Waals surface area contributed by atoms with E-state index in [9.17, 15) is 4.79 Å². The molecule has 2 rings (SSSR count). The van der Waals surface area contributed by atoms with Gasteiger partial charge in [0.2, 0.25) is 5.91 Å². The highest BCUT2D eigenvalue weighted by molar-refractivity contribution is 9.09. The summed E-state index contributed by atoms with van der Waals surface area (Å²) in [5.41, 5.74) is 0.0478. The smallest absolute Gasteiger partial charge is 0.223 e. The first-order valence-electron chi connectivity index (χ1n) is 7.03. The van der Waals surface area contributed by atoms with Gasteiger partial charge in [-0.15, -0.1) is 0 Å². The van der Waals surface area contributed by atoms with Gasteiger partial charge in [-0.3, -0.25) is 4.79 Å². The molecule has 2 aliphatic carbocycles. The summed E-state index contributed by atoms with van der Waals surface area (Å²) in [7, 11) is 0. The molecule has 0 radical (unpaired) electrons. The van der Waals surface area contributed by atoms with Crippen molar-refractivity contribution in [3.05, 3.63) is 0 Å². The first kappa shape index (κ1) is 13.4.